The molecule has 0 aromatic carbocycles. The molecule has 18 heavy (non-hydrogen) atoms. The summed E-state index contributed by atoms with van der Waals surface area (Å²) in [6.07, 6.45) is 5.09. The molecule has 1 aromatic heterocycles. The molecule has 1 unspecified atom stereocenters. The Bertz CT molecular complexity index is 419. The summed E-state index contributed by atoms with van der Waals surface area (Å²) >= 11 is 1.53. The van der Waals surface area contributed by atoms with Crippen LogP contribution in [0.1, 0.15) is 35.4 Å². The highest BCUT2D eigenvalue weighted by molar-refractivity contribution is 7.12. The molecule has 98 valence electrons. The lowest BCUT2D eigenvalue weighted by Gasteiger charge is -2.53. The molecule has 1 aliphatic carbocycles. The normalized spacial score (nSPS) is 26.1. The van der Waals surface area contributed by atoms with Gasteiger partial charge in [0.2, 0.25) is 0 Å². The molecule has 1 aromatic rings. The van der Waals surface area contributed by atoms with E-state index in [1.807, 2.05) is 29.5 Å². The quantitative estimate of drug-likeness (QED) is 0.823. The number of carbonyl (C=O) groups excluding carboxylic acids is 1. The molecule has 1 saturated carbocycles. The molecule has 1 amide bonds. The van der Waals surface area contributed by atoms with Gasteiger partial charge in [-0.05, 0) is 37.1 Å². The summed E-state index contributed by atoms with van der Waals surface area (Å²) in [6, 6.07) is 3.86. The van der Waals surface area contributed by atoms with Crippen molar-refractivity contribution in [2.45, 2.75) is 31.8 Å². The van der Waals surface area contributed by atoms with Crippen molar-refractivity contribution in [2.24, 2.45) is 5.41 Å². The van der Waals surface area contributed by atoms with Crippen molar-refractivity contribution in [3.8, 4) is 0 Å². The zero-order chi connectivity index (χ0) is 12.6. The summed E-state index contributed by atoms with van der Waals surface area (Å²) in [4.78, 5) is 15.1. The summed E-state index contributed by atoms with van der Waals surface area (Å²) in [5, 5.41) is 1.96. The highest BCUT2D eigenvalue weighted by atomic mass is 32.1. The van der Waals surface area contributed by atoms with Crippen molar-refractivity contribution < 1.29 is 9.53 Å². The fourth-order valence-corrected chi connectivity index (χ4v) is 4.01. The Morgan fingerprint density at radius 2 is 2.22 bits per heavy atom. The maximum absolute atomic E-state index is 12.2. The number of ether oxygens (including phenoxy) is 1. The second-order valence-corrected chi connectivity index (χ2v) is 6.34. The summed E-state index contributed by atoms with van der Waals surface area (Å²) in [6.45, 7) is 1.77. The van der Waals surface area contributed by atoms with Gasteiger partial charge in [0.05, 0.1) is 11.0 Å². The minimum Gasteiger partial charge on any atom is -0.381 e. The van der Waals surface area contributed by atoms with Crippen molar-refractivity contribution in [3.05, 3.63) is 22.4 Å². The van der Waals surface area contributed by atoms with Gasteiger partial charge in [0.1, 0.15) is 0 Å². The smallest absolute Gasteiger partial charge is 0.263 e. The zero-order valence-corrected chi connectivity index (χ0v) is 11.5. The summed E-state index contributed by atoms with van der Waals surface area (Å²) in [5.41, 5.74) is 0.376. The van der Waals surface area contributed by atoms with Crippen LogP contribution < -0.4 is 0 Å². The maximum Gasteiger partial charge on any atom is 0.263 e. The van der Waals surface area contributed by atoms with Gasteiger partial charge in [-0.25, -0.2) is 0 Å². The summed E-state index contributed by atoms with van der Waals surface area (Å²) in [5.74, 6) is 0.202. The van der Waals surface area contributed by atoms with Gasteiger partial charge in [0.15, 0.2) is 0 Å². The average Bonchev–Trinajstić information content (AvgIpc) is 2.91. The van der Waals surface area contributed by atoms with E-state index in [0.29, 0.717) is 11.5 Å². The molecule has 0 bridgehead atoms. The van der Waals surface area contributed by atoms with Crippen LogP contribution in [0.3, 0.4) is 0 Å². The van der Waals surface area contributed by atoms with Crippen LogP contribution in [0.15, 0.2) is 17.5 Å². The van der Waals surface area contributed by atoms with E-state index < -0.39 is 0 Å². The van der Waals surface area contributed by atoms with Gasteiger partial charge in [0.25, 0.3) is 5.91 Å². The first-order chi connectivity index (χ1) is 8.75. The van der Waals surface area contributed by atoms with Crippen LogP contribution in [0.2, 0.25) is 0 Å². The Morgan fingerprint density at radius 3 is 2.72 bits per heavy atom. The molecule has 1 atom stereocenters. The van der Waals surface area contributed by atoms with E-state index in [-0.39, 0.29) is 5.91 Å². The Kier molecular flexibility index (Phi) is 3.16. The predicted molar refractivity (Wildman–Crippen MR) is 71.9 cm³/mol. The molecule has 1 saturated heterocycles. The number of amides is 1. The van der Waals surface area contributed by atoms with Crippen molar-refractivity contribution in [2.75, 3.05) is 20.2 Å². The van der Waals surface area contributed by atoms with E-state index in [9.17, 15) is 4.79 Å². The number of hydrogen-bond acceptors (Lipinski definition) is 3. The lowest BCUT2D eigenvalue weighted by Crippen LogP contribution is -2.53. The van der Waals surface area contributed by atoms with Crippen molar-refractivity contribution >= 4 is 17.2 Å². The number of nitrogens with zero attached hydrogens (tertiary/aromatic N) is 1. The zero-order valence-electron chi connectivity index (χ0n) is 10.7. The van der Waals surface area contributed by atoms with Crippen LogP contribution in [-0.4, -0.2) is 37.1 Å². The second-order valence-electron chi connectivity index (χ2n) is 5.39. The number of carbonyl (C=O) groups is 1. The number of hydrogen-bond donors (Lipinski definition) is 0. The molecule has 0 radical (unpaired) electrons. The van der Waals surface area contributed by atoms with Gasteiger partial charge in [-0.1, -0.05) is 6.07 Å². The molecule has 2 heterocycles. The molecule has 3 nitrogen and oxygen atoms in total. The van der Waals surface area contributed by atoms with Crippen LogP contribution >= 0.6 is 11.3 Å². The first-order valence-corrected chi connectivity index (χ1v) is 7.49. The number of thiophene rings is 1. The van der Waals surface area contributed by atoms with E-state index in [0.717, 1.165) is 30.8 Å². The third kappa shape index (κ3) is 1.88. The summed E-state index contributed by atoms with van der Waals surface area (Å²) in [7, 11) is 1.81. The number of methoxy groups -OCH3 is 1. The fraction of sp³-hybridized carbons (Fsp3) is 0.643. The molecular weight excluding hydrogens is 246 g/mol. The average molecular weight is 265 g/mol. The lowest BCUT2D eigenvalue weighted by molar-refractivity contribution is -0.116. The number of rotatable bonds is 2. The molecule has 2 fully saturated rings. The predicted octanol–water partition coefficient (Wildman–Crippen LogP) is 2.78. The minimum atomic E-state index is 0.202. The Hall–Kier alpha value is -0.870. The third-order valence-electron chi connectivity index (χ3n) is 4.65. The molecule has 2 aliphatic rings. The largest absolute Gasteiger partial charge is 0.381 e. The van der Waals surface area contributed by atoms with Crippen molar-refractivity contribution in [1.29, 1.82) is 0 Å². The SMILES string of the molecule is COC1CCC12CCN(C(=O)c1cccs1)CC2. The van der Waals surface area contributed by atoms with E-state index >= 15 is 0 Å². The van der Waals surface area contributed by atoms with Crippen LogP contribution in [0.4, 0.5) is 0 Å². The number of piperidine rings is 1. The monoisotopic (exact) mass is 265 g/mol. The Morgan fingerprint density at radius 1 is 1.44 bits per heavy atom. The van der Waals surface area contributed by atoms with Gasteiger partial charge in [-0.2, -0.15) is 0 Å². The van der Waals surface area contributed by atoms with Gasteiger partial charge in [-0.15, -0.1) is 11.3 Å². The number of likely N-dealkylation sites (tertiary alicyclic amines) is 1. The van der Waals surface area contributed by atoms with Gasteiger partial charge < -0.3 is 9.64 Å². The highest BCUT2D eigenvalue weighted by Gasteiger charge is 2.48. The van der Waals surface area contributed by atoms with Gasteiger partial charge in [-0.3, -0.25) is 4.79 Å². The lowest BCUT2D eigenvalue weighted by atomic mass is 9.61. The van der Waals surface area contributed by atoms with E-state index in [4.69, 9.17) is 4.74 Å². The van der Waals surface area contributed by atoms with E-state index in [1.54, 1.807) is 0 Å². The molecule has 0 N–H and O–H groups in total. The van der Waals surface area contributed by atoms with Crippen LogP contribution in [-0.2, 0) is 4.74 Å². The van der Waals surface area contributed by atoms with E-state index in [2.05, 4.69) is 0 Å². The van der Waals surface area contributed by atoms with Gasteiger partial charge in [0, 0.05) is 25.6 Å². The Labute approximate surface area is 112 Å². The topological polar surface area (TPSA) is 29.5 Å². The minimum absolute atomic E-state index is 0.202. The fourth-order valence-electron chi connectivity index (χ4n) is 3.32. The van der Waals surface area contributed by atoms with Crippen LogP contribution in [0, 0.1) is 5.41 Å². The first-order valence-electron chi connectivity index (χ1n) is 6.61. The first kappa shape index (κ1) is 12.2. The third-order valence-corrected chi connectivity index (χ3v) is 5.51. The second kappa shape index (κ2) is 4.67. The van der Waals surface area contributed by atoms with Crippen LogP contribution in [0.5, 0.6) is 0 Å². The van der Waals surface area contributed by atoms with E-state index in [1.165, 1.54) is 24.2 Å². The van der Waals surface area contributed by atoms with Crippen molar-refractivity contribution in [3.63, 3.8) is 0 Å². The Balaban J connectivity index is 1.62. The maximum atomic E-state index is 12.2. The highest BCUT2D eigenvalue weighted by Crippen LogP contribution is 2.50. The molecule has 4 heteroatoms. The standard InChI is InChI=1S/C14H19NO2S/c1-17-12-4-5-14(12)6-8-15(9-7-14)13(16)11-3-2-10-18-11/h2-3,10,12H,4-9H2,1H3. The molecular formula is C14H19NO2S. The molecule has 1 spiro atoms. The van der Waals surface area contributed by atoms with Crippen LogP contribution in [0.25, 0.3) is 0 Å². The summed E-state index contributed by atoms with van der Waals surface area (Å²) < 4.78 is 5.55. The molecule has 3 rings (SSSR count). The van der Waals surface area contributed by atoms with Crippen molar-refractivity contribution in [1.82, 2.24) is 4.90 Å². The molecule has 1 aliphatic heterocycles. The van der Waals surface area contributed by atoms with Gasteiger partial charge >= 0.3 is 0 Å².